The van der Waals surface area contributed by atoms with E-state index in [4.69, 9.17) is 19.9 Å². The van der Waals surface area contributed by atoms with Crippen LogP contribution in [0.2, 0.25) is 0 Å². The van der Waals surface area contributed by atoms with E-state index in [9.17, 15) is 30.0 Å². The Labute approximate surface area is 270 Å². The van der Waals surface area contributed by atoms with Crippen LogP contribution in [0, 0.1) is 27.7 Å². The van der Waals surface area contributed by atoms with Gasteiger partial charge in [-0.2, -0.15) is 0 Å². The van der Waals surface area contributed by atoms with Crippen LogP contribution < -0.4 is 41.3 Å². The van der Waals surface area contributed by atoms with Gasteiger partial charge in [0.25, 0.3) is 0 Å². The van der Waals surface area contributed by atoms with Gasteiger partial charge in [-0.15, -0.1) is 44.2 Å². The maximum atomic E-state index is 11.5. The molecule has 0 saturated carbocycles. The van der Waals surface area contributed by atoms with Gasteiger partial charge >= 0.3 is 29.0 Å². The monoisotopic (exact) mass is 652 g/mol. The fourth-order valence-corrected chi connectivity index (χ4v) is 6.15. The standard InChI is InChI=1S/C34H36N4O6.Fe/c1-15-21(7-9-31(41)42)27-14-28-22(8-10-32(43)44)16(2)24(36-28)12-29-34(20(6)40)18(4)26(38-29)13-30-33(19(5)39)17(3)25(37-30)11-23(15)35-27;/h11-14,19-20,39-40H,7-10H2,1-6H3,(H,41,42)(H,43,44);/q-4;+4/b23-11-,24-12?,25-11?,26-13-,27-14-,28-14?,29-12-,30-13?;. The van der Waals surface area contributed by atoms with Crippen LogP contribution in [0.5, 0.6) is 0 Å². The Bertz CT molecular complexity index is 2040. The minimum Gasteiger partial charge on any atom is -0.657 e. The van der Waals surface area contributed by atoms with Gasteiger partial charge in [-0.1, -0.05) is 57.7 Å². The van der Waals surface area contributed by atoms with Crippen LogP contribution >= 0.6 is 0 Å². The molecule has 0 spiro atoms. The van der Waals surface area contributed by atoms with Crippen molar-refractivity contribution in [2.24, 2.45) is 0 Å². The Morgan fingerprint density at radius 3 is 1.64 bits per heavy atom. The van der Waals surface area contributed by atoms with Crippen molar-refractivity contribution in [2.75, 3.05) is 0 Å². The maximum absolute atomic E-state index is 11.5. The number of hydrogen-bond acceptors (Lipinski definition) is 4. The number of rotatable bonds is 8. The molecule has 5 rings (SSSR count). The first-order valence-electron chi connectivity index (χ1n) is 14.6. The number of aliphatic carboxylic acids is 2. The number of carboxylic acids is 2. The fraction of sp³-hybridized carbons (Fsp3) is 0.353. The predicted molar refractivity (Wildman–Crippen MR) is 164 cm³/mol. The Morgan fingerprint density at radius 2 is 1.04 bits per heavy atom. The Morgan fingerprint density at radius 1 is 0.578 bits per heavy atom. The van der Waals surface area contributed by atoms with E-state index in [0.717, 1.165) is 33.4 Å². The third kappa shape index (κ3) is 6.53. The molecule has 4 N–H and O–H groups in total. The molecule has 4 aromatic heterocycles. The summed E-state index contributed by atoms with van der Waals surface area (Å²) >= 11 is 0. The summed E-state index contributed by atoms with van der Waals surface area (Å²) in [5.74, 6) is -1.86. The van der Waals surface area contributed by atoms with Crippen molar-refractivity contribution in [3.8, 4) is 0 Å². The van der Waals surface area contributed by atoms with E-state index in [1.54, 1.807) is 26.0 Å². The first kappa shape index (κ1) is 33.9. The van der Waals surface area contributed by atoms with Crippen LogP contribution in [0.4, 0.5) is 0 Å². The third-order valence-electron chi connectivity index (χ3n) is 8.49. The van der Waals surface area contributed by atoms with Gasteiger partial charge < -0.3 is 40.4 Å². The zero-order valence-corrected chi connectivity index (χ0v) is 27.1. The van der Waals surface area contributed by atoms with Crippen LogP contribution in [0.1, 0.15) is 106 Å². The number of aliphatic hydroxyl groups is 2. The molecule has 0 radical (unpaired) electrons. The van der Waals surface area contributed by atoms with Crippen LogP contribution in [-0.4, -0.2) is 32.4 Å². The number of carboxylic acid groups (broad SMARTS) is 2. The maximum Gasteiger partial charge on any atom is 4.00 e. The second kappa shape index (κ2) is 13.1. The van der Waals surface area contributed by atoms with E-state index in [1.165, 1.54) is 0 Å². The van der Waals surface area contributed by atoms with Gasteiger partial charge in [-0.25, -0.2) is 0 Å². The largest absolute Gasteiger partial charge is 4.00 e. The summed E-state index contributed by atoms with van der Waals surface area (Å²) in [6.07, 6.45) is 5.93. The molecule has 5 heterocycles. The molecule has 2 unspecified atom stereocenters. The van der Waals surface area contributed by atoms with Crippen molar-refractivity contribution in [1.29, 1.82) is 0 Å². The quantitative estimate of drug-likeness (QED) is 0.173. The summed E-state index contributed by atoms with van der Waals surface area (Å²) in [6, 6.07) is 0. The Hall–Kier alpha value is -4.02. The van der Waals surface area contributed by atoms with Crippen molar-refractivity contribution in [3.63, 3.8) is 0 Å². The van der Waals surface area contributed by atoms with E-state index in [2.05, 4.69) is 0 Å². The average molecular weight is 653 g/mol. The topological polar surface area (TPSA) is 171 Å². The predicted octanol–water partition coefficient (Wildman–Crippen LogP) is 0.516. The fourth-order valence-electron chi connectivity index (χ4n) is 6.15. The Kier molecular flexibility index (Phi) is 9.89. The number of nitrogens with zero attached hydrogens (tertiary/aromatic N) is 4. The van der Waals surface area contributed by atoms with Crippen molar-refractivity contribution in [1.82, 2.24) is 19.9 Å². The molecule has 4 aromatic rings. The third-order valence-corrected chi connectivity index (χ3v) is 8.49. The molecule has 0 amide bonds. The number of fused-ring (bicyclic) bond motifs is 8. The molecule has 236 valence electrons. The van der Waals surface area contributed by atoms with E-state index in [-0.39, 0.29) is 42.8 Å². The molecular weight excluding hydrogens is 616 g/mol. The van der Waals surface area contributed by atoms with Gasteiger partial charge in [0.2, 0.25) is 0 Å². The van der Waals surface area contributed by atoms with E-state index >= 15 is 0 Å². The summed E-state index contributed by atoms with van der Waals surface area (Å²) < 4.78 is 0. The van der Waals surface area contributed by atoms with Gasteiger partial charge in [-0.05, 0) is 65.5 Å². The minimum atomic E-state index is -0.931. The van der Waals surface area contributed by atoms with Crippen LogP contribution in [0.15, 0.2) is 0 Å². The molecule has 45 heavy (non-hydrogen) atoms. The molecule has 0 saturated heterocycles. The zero-order valence-electron chi connectivity index (χ0n) is 26.0. The zero-order chi connectivity index (χ0) is 32.0. The van der Waals surface area contributed by atoms with Gasteiger partial charge in [-0.3, -0.25) is 9.59 Å². The normalized spacial score (nSPS) is 16.5. The summed E-state index contributed by atoms with van der Waals surface area (Å²) in [5, 5.41) is 42.7. The van der Waals surface area contributed by atoms with Gasteiger partial charge in [0.05, 0.1) is 12.2 Å². The molecule has 11 heteroatoms. The van der Waals surface area contributed by atoms with Crippen LogP contribution in [-0.2, 0) is 39.5 Å². The molecule has 0 fully saturated rings. The molecular formula is C34H36FeN4O6. The van der Waals surface area contributed by atoms with Crippen molar-refractivity contribution < 1.29 is 47.1 Å². The second-order valence-corrected chi connectivity index (χ2v) is 11.5. The molecule has 0 aliphatic carbocycles. The first-order valence-corrected chi connectivity index (χ1v) is 14.6. The second-order valence-electron chi connectivity index (χ2n) is 11.5. The number of carbonyl (C=O) groups is 2. The average Bonchev–Trinajstić information content (AvgIpc) is 3.59. The summed E-state index contributed by atoms with van der Waals surface area (Å²) in [6.45, 7) is 10.9. The Balaban J connectivity index is 0.00000461. The van der Waals surface area contributed by atoms with Crippen molar-refractivity contribution in [2.45, 2.75) is 79.4 Å². The summed E-state index contributed by atoms with van der Waals surface area (Å²) in [7, 11) is 0. The van der Waals surface area contributed by atoms with Gasteiger partial charge in [0.1, 0.15) is 0 Å². The van der Waals surface area contributed by atoms with Crippen LogP contribution in [0.25, 0.3) is 24.3 Å². The van der Waals surface area contributed by atoms with Gasteiger partial charge in [0.15, 0.2) is 0 Å². The molecule has 8 bridgehead atoms. The van der Waals surface area contributed by atoms with Crippen molar-refractivity contribution >= 4 is 36.2 Å². The number of hydrogen-bond donors (Lipinski definition) is 4. The minimum absolute atomic E-state index is 0. The van der Waals surface area contributed by atoms with Crippen LogP contribution in [0.3, 0.4) is 0 Å². The smallest absolute Gasteiger partial charge is 0.657 e. The summed E-state index contributed by atoms with van der Waals surface area (Å²) in [4.78, 5) is 42.6. The molecule has 0 aromatic carbocycles. The van der Waals surface area contributed by atoms with Gasteiger partial charge in [0, 0.05) is 12.8 Å². The summed E-state index contributed by atoms with van der Waals surface area (Å²) in [5.41, 5.74) is 8.32. The molecule has 1 aliphatic rings. The van der Waals surface area contributed by atoms with E-state index < -0.39 is 24.1 Å². The molecule has 1 aliphatic heterocycles. The van der Waals surface area contributed by atoms with E-state index in [0.29, 0.717) is 55.3 Å². The van der Waals surface area contributed by atoms with Crippen molar-refractivity contribution in [3.05, 3.63) is 88.7 Å². The molecule has 2 atom stereocenters. The molecule has 10 nitrogen and oxygen atoms in total. The van der Waals surface area contributed by atoms with E-state index in [1.807, 2.05) is 39.8 Å². The SMILES string of the molecule is Cc1c2[n-]c(c1CCC(=O)O)/C=c1\[n-]/c(c(C)c1CCC(=O)O)=C\c1[n-]c(c(C(C)O)c1C)/C=c1\[n-]/c(c(C(C)O)c1C)=C\2.[Fe+4]. The number of aliphatic hydroxyl groups excluding tert-OH is 2. The number of aromatic nitrogens is 4. The first-order chi connectivity index (χ1) is 20.8.